The van der Waals surface area contributed by atoms with E-state index in [1.165, 1.54) is 44.2 Å². The van der Waals surface area contributed by atoms with Gasteiger partial charge < -0.3 is 5.32 Å². The van der Waals surface area contributed by atoms with E-state index in [0.717, 1.165) is 12.0 Å². The van der Waals surface area contributed by atoms with Crippen molar-refractivity contribution in [1.29, 1.82) is 0 Å². The van der Waals surface area contributed by atoms with Gasteiger partial charge >= 0.3 is 0 Å². The Morgan fingerprint density at radius 1 is 1.12 bits per heavy atom. The summed E-state index contributed by atoms with van der Waals surface area (Å²) in [5.41, 5.74) is 1.52. The summed E-state index contributed by atoms with van der Waals surface area (Å²) in [4.78, 5) is 0. The lowest BCUT2D eigenvalue weighted by Crippen LogP contribution is -2.40. The maximum atomic E-state index is 3.65. The van der Waals surface area contributed by atoms with Gasteiger partial charge in [0.2, 0.25) is 0 Å². The van der Waals surface area contributed by atoms with Crippen molar-refractivity contribution in [3.63, 3.8) is 0 Å². The van der Waals surface area contributed by atoms with E-state index in [-0.39, 0.29) is 0 Å². The minimum atomic E-state index is 0.780. The summed E-state index contributed by atoms with van der Waals surface area (Å²) in [5, 5.41) is 3.65. The first-order valence-electron chi connectivity index (χ1n) is 6.68. The molecular weight excluding hydrogens is 194 g/mol. The van der Waals surface area contributed by atoms with Crippen LogP contribution in [0.4, 0.5) is 0 Å². The zero-order valence-corrected chi connectivity index (χ0v) is 10.3. The third-order valence-corrected chi connectivity index (χ3v) is 3.62. The molecule has 1 fully saturated rings. The number of hydrogen-bond acceptors (Lipinski definition) is 1. The molecule has 1 aromatic carbocycles. The molecule has 1 aliphatic rings. The molecule has 0 aromatic heterocycles. The van der Waals surface area contributed by atoms with Crippen molar-refractivity contribution in [2.45, 2.75) is 51.0 Å². The molecule has 0 saturated heterocycles. The van der Waals surface area contributed by atoms with Crippen LogP contribution in [0, 0.1) is 0 Å². The molecule has 2 rings (SSSR count). The molecule has 1 aromatic rings. The molecule has 0 amide bonds. The van der Waals surface area contributed by atoms with Gasteiger partial charge in [-0.15, -0.1) is 0 Å². The highest BCUT2D eigenvalue weighted by Gasteiger charge is 2.29. The molecule has 0 aliphatic heterocycles. The van der Waals surface area contributed by atoms with E-state index in [9.17, 15) is 0 Å². The van der Waals surface area contributed by atoms with Gasteiger partial charge in [0.25, 0.3) is 0 Å². The molecule has 88 valence electrons. The summed E-state index contributed by atoms with van der Waals surface area (Å²) in [7, 11) is 0. The van der Waals surface area contributed by atoms with E-state index < -0.39 is 0 Å². The Morgan fingerprint density at radius 3 is 2.56 bits per heavy atom. The lowest BCUT2D eigenvalue weighted by molar-refractivity contribution is 0.290. The van der Waals surface area contributed by atoms with E-state index in [1.807, 2.05) is 0 Å². The van der Waals surface area contributed by atoms with Crippen LogP contribution in [0.3, 0.4) is 0 Å². The van der Waals surface area contributed by atoms with Crippen molar-refractivity contribution in [1.82, 2.24) is 5.32 Å². The molecular formula is C15H23N. The van der Waals surface area contributed by atoms with E-state index in [0.29, 0.717) is 0 Å². The molecule has 0 radical (unpaired) electrons. The van der Waals surface area contributed by atoms with Crippen LogP contribution in [0.5, 0.6) is 0 Å². The Hall–Kier alpha value is -0.820. The van der Waals surface area contributed by atoms with Crippen LogP contribution in [-0.4, -0.2) is 12.6 Å². The van der Waals surface area contributed by atoms with Gasteiger partial charge in [-0.2, -0.15) is 0 Å². The minimum absolute atomic E-state index is 0.780. The Labute approximate surface area is 99.3 Å². The molecule has 0 bridgehead atoms. The Kier molecular flexibility index (Phi) is 4.41. The highest BCUT2D eigenvalue weighted by Crippen LogP contribution is 2.36. The number of hydrogen-bond donors (Lipinski definition) is 1. The average molecular weight is 217 g/mol. The second-order valence-electron chi connectivity index (χ2n) is 4.94. The molecule has 0 heterocycles. The Bertz CT molecular complexity index is 288. The fraction of sp³-hybridized carbons (Fsp3) is 0.600. The van der Waals surface area contributed by atoms with Crippen LogP contribution in [0.25, 0.3) is 0 Å². The lowest BCUT2D eigenvalue weighted by Gasteiger charge is -2.36. The third kappa shape index (κ3) is 3.08. The molecule has 16 heavy (non-hydrogen) atoms. The van der Waals surface area contributed by atoms with Gasteiger partial charge in [0.15, 0.2) is 0 Å². The monoisotopic (exact) mass is 217 g/mol. The molecule has 1 nitrogen and oxygen atoms in total. The van der Waals surface area contributed by atoms with Crippen molar-refractivity contribution in [3.05, 3.63) is 35.9 Å². The molecule has 1 saturated carbocycles. The van der Waals surface area contributed by atoms with Crippen LogP contribution in [0.2, 0.25) is 0 Å². The second kappa shape index (κ2) is 6.05. The fourth-order valence-electron chi connectivity index (χ4n) is 2.46. The highest BCUT2D eigenvalue weighted by atomic mass is 14.9. The van der Waals surface area contributed by atoms with Gasteiger partial charge in [0, 0.05) is 6.04 Å². The van der Waals surface area contributed by atoms with Crippen molar-refractivity contribution in [3.8, 4) is 0 Å². The van der Waals surface area contributed by atoms with Crippen LogP contribution in [0.15, 0.2) is 30.3 Å². The number of nitrogens with one attached hydrogen (secondary N) is 1. The zero-order valence-electron chi connectivity index (χ0n) is 10.3. The first-order valence-corrected chi connectivity index (χ1v) is 6.68. The van der Waals surface area contributed by atoms with Crippen LogP contribution >= 0.6 is 0 Å². The topological polar surface area (TPSA) is 12.0 Å². The summed E-state index contributed by atoms with van der Waals surface area (Å²) in [6, 6.07) is 11.7. The van der Waals surface area contributed by atoms with Crippen LogP contribution in [-0.2, 0) is 0 Å². The summed E-state index contributed by atoms with van der Waals surface area (Å²) in [6.45, 7) is 3.47. The zero-order chi connectivity index (χ0) is 11.2. The van der Waals surface area contributed by atoms with Crippen molar-refractivity contribution in [2.75, 3.05) is 6.54 Å². The predicted molar refractivity (Wildman–Crippen MR) is 69.7 cm³/mol. The fourth-order valence-corrected chi connectivity index (χ4v) is 2.46. The van der Waals surface area contributed by atoms with Crippen molar-refractivity contribution >= 4 is 0 Å². The lowest BCUT2D eigenvalue weighted by atomic mass is 9.76. The van der Waals surface area contributed by atoms with Gasteiger partial charge in [0.1, 0.15) is 0 Å². The first-order chi connectivity index (χ1) is 7.90. The maximum Gasteiger partial charge on any atom is 0.00787 e. The average Bonchev–Trinajstić information content (AvgIpc) is 2.28. The van der Waals surface area contributed by atoms with Gasteiger partial charge in [-0.05, 0) is 37.3 Å². The summed E-state index contributed by atoms with van der Waals surface area (Å²) in [6.07, 6.45) is 6.68. The van der Waals surface area contributed by atoms with E-state index in [2.05, 4.69) is 42.6 Å². The summed E-state index contributed by atoms with van der Waals surface area (Å²) >= 11 is 0. The molecule has 0 unspecified atom stereocenters. The summed E-state index contributed by atoms with van der Waals surface area (Å²) < 4.78 is 0. The first kappa shape index (κ1) is 11.7. The summed E-state index contributed by atoms with van der Waals surface area (Å²) in [5.74, 6) is 0.810. The number of rotatable bonds is 6. The third-order valence-electron chi connectivity index (χ3n) is 3.62. The van der Waals surface area contributed by atoms with Crippen molar-refractivity contribution in [2.24, 2.45) is 0 Å². The minimum Gasteiger partial charge on any atom is -0.314 e. The quantitative estimate of drug-likeness (QED) is 0.716. The largest absolute Gasteiger partial charge is 0.314 e. The molecule has 0 spiro atoms. The van der Waals surface area contributed by atoms with Gasteiger partial charge in [-0.1, -0.05) is 50.1 Å². The number of unbranched alkanes of at least 4 members (excludes halogenated alkanes) is 2. The molecule has 0 atom stereocenters. The standard InChI is InChI=1S/C15H23N/c1-2-3-7-10-16-15-11-14(12-15)13-8-5-4-6-9-13/h4-6,8-9,14-16H,2-3,7,10-12H2,1H3. The SMILES string of the molecule is CCCCCNC1CC(c2ccccc2)C1. The Morgan fingerprint density at radius 2 is 1.88 bits per heavy atom. The van der Waals surface area contributed by atoms with E-state index in [4.69, 9.17) is 0 Å². The van der Waals surface area contributed by atoms with Crippen molar-refractivity contribution < 1.29 is 0 Å². The highest BCUT2D eigenvalue weighted by molar-refractivity contribution is 5.22. The van der Waals surface area contributed by atoms with Crippen LogP contribution < -0.4 is 5.32 Å². The maximum absolute atomic E-state index is 3.65. The number of benzene rings is 1. The Balaban J connectivity index is 1.63. The molecule has 1 N–H and O–H groups in total. The van der Waals surface area contributed by atoms with Gasteiger partial charge in [0.05, 0.1) is 0 Å². The second-order valence-corrected chi connectivity index (χ2v) is 4.94. The van der Waals surface area contributed by atoms with Gasteiger partial charge in [-0.3, -0.25) is 0 Å². The molecule has 1 heteroatoms. The van der Waals surface area contributed by atoms with Crippen LogP contribution in [0.1, 0.15) is 50.5 Å². The smallest absolute Gasteiger partial charge is 0.00787 e. The molecule has 1 aliphatic carbocycles. The van der Waals surface area contributed by atoms with Gasteiger partial charge in [-0.25, -0.2) is 0 Å². The van der Waals surface area contributed by atoms with E-state index >= 15 is 0 Å². The van der Waals surface area contributed by atoms with E-state index in [1.54, 1.807) is 0 Å². The predicted octanol–water partition coefficient (Wildman–Crippen LogP) is 3.71. The normalized spacial score (nSPS) is 24.1.